The van der Waals surface area contributed by atoms with Gasteiger partial charge in [-0.15, -0.1) is 0 Å². The zero-order chi connectivity index (χ0) is 18.4. The molecule has 1 unspecified atom stereocenters. The third-order valence-electron chi connectivity index (χ3n) is 4.42. The van der Waals surface area contributed by atoms with Gasteiger partial charge in [0.1, 0.15) is 0 Å². The summed E-state index contributed by atoms with van der Waals surface area (Å²) >= 11 is 0. The monoisotopic (exact) mass is 353 g/mol. The maximum Gasteiger partial charge on any atom is 0.319 e. The topological polar surface area (TPSA) is 98.9 Å². The van der Waals surface area contributed by atoms with Gasteiger partial charge in [0.25, 0.3) is 5.91 Å². The summed E-state index contributed by atoms with van der Waals surface area (Å²) in [5, 5.41) is 15.1. The van der Waals surface area contributed by atoms with Gasteiger partial charge in [-0.05, 0) is 37.3 Å². The molecule has 3 amide bonds. The van der Waals surface area contributed by atoms with Crippen molar-refractivity contribution in [1.82, 2.24) is 26.1 Å². The smallest absolute Gasteiger partial charge is 0.319 e. The molecule has 1 atom stereocenters. The maximum absolute atomic E-state index is 12.7. The van der Waals surface area contributed by atoms with Crippen LogP contribution in [0.5, 0.6) is 0 Å². The molecule has 0 saturated carbocycles. The summed E-state index contributed by atoms with van der Waals surface area (Å²) in [5.41, 5.74) is 3.41. The third-order valence-corrected chi connectivity index (χ3v) is 4.42. The van der Waals surface area contributed by atoms with Gasteiger partial charge >= 0.3 is 6.03 Å². The number of amides is 3. The number of hydrogen-bond donors (Lipinski definition) is 4. The summed E-state index contributed by atoms with van der Waals surface area (Å²) in [6.07, 6.45) is 5.69. The van der Waals surface area contributed by atoms with Crippen molar-refractivity contribution in [3.8, 4) is 0 Å². The molecular formula is C19H23N5O2. The van der Waals surface area contributed by atoms with E-state index in [2.05, 4.69) is 26.1 Å². The number of carbonyl (C=O) groups is 2. The summed E-state index contributed by atoms with van der Waals surface area (Å²) in [7, 11) is 0. The number of H-pyrrole nitrogens is 1. The van der Waals surface area contributed by atoms with Gasteiger partial charge in [0, 0.05) is 18.4 Å². The normalized spacial score (nSPS) is 16.8. The molecule has 0 bridgehead atoms. The van der Waals surface area contributed by atoms with E-state index in [1.54, 1.807) is 13.1 Å². The summed E-state index contributed by atoms with van der Waals surface area (Å²) in [6.45, 7) is 2.27. The van der Waals surface area contributed by atoms with Crippen molar-refractivity contribution in [3.63, 3.8) is 0 Å². The first-order chi connectivity index (χ1) is 12.6. The minimum atomic E-state index is -0.308. The Labute approximate surface area is 152 Å². The molecule has 3 rings (SSSR count). The number of nitrogens with one attached hydrogen (secondary N) is 4. The molecule has 4 N–H and O–H groups in total. The summed E-state index contributed by atoms with van der Waals surface area (Å²) in [5.74, 6) is -0.156. The average molecular weight is 353 g/mol. The fraction of sp³-hybridized carbons (Fsp3) is 0.316. The quantitative estimate of drug-likeness (QED) is 0.609. The van der Waals surface area contributed by atoms with Crippen molar-refractivity contribution >= 4 is 11.9 Å². The van der Waals surface area contributed by atoms with Gasteiger partial charge in [-0.2, -0.15) is 5.10 Å². The predicted octanol–water partition coefficient (Wildman–Crippen LogP) is 1.66. The molecule has 0 fully saturated rings. The number of urea groups is 1. The van der Waals surface area contributed by atoms with Crippen LogP contribution in [0, 0.1) is 0 Å². The van der Waals surface area contributed by atoms with Crippen LogP contribution in [0.15, 0.2) is 54.0 Å². The lowest BCUT2D eigenvalue weighted by molar-refractivity contribution is -0.117. The van der Waals surface area contributed by atoms with Gasteiger partial charge in [-0.3, -0.25) is 9.89 Å². The molecule has 0 saturated heterocycles. The highest BCUT2D eigenvalue weighted by Gasteiger charge is 2.29. The van der Waals surface area contributed by atoms with Gasteiger partial charge < -0.3 is 16.0 Å². The van der Waals surface area contributed by atoms with Crippen molar-refractivity contribution in [2.24, 2.45) is 0 Å². The number of allylic oxidation sites excluding steroid dienone is 1. The molecule has 0 radical (unpaired) electrons. The average Bonchev–Trinajstić information content (AvgIpc) is 3.13. The highest BCUT2D eigenvalue weighted by Crippen LogP contribution is 2.17. The molecule has 0 spiro atoms. The fourth-order valence-electron chi connectivity index (χ4n) is 3.10. The van der Waals surface area contributed by atoms with Crippen molar-refractivity contribution in [1.29, 1.82) is 0 Å². The molecule has 1 aliphatic heterocycles. The molecule has 2 aromatic rings. The zero-order valence-electron chi connectivity index (χ0n) is 14.7. The fourth-order valence-corrected chi connectivity index (χ4v) is 3.10. The SMILES string of the molecule is CC1=C(C(=O)NCCc2cn[nH]c2)C(CCc2ccccc2)NC(=O)N1. The number of nitrogens with zero attached hydrogens (tertiary/aromatic N) is 1. The Bertz CT molecular complexity index is 784. The van der Waals surface area contributed by atoms with Crippen LogP contribution in [0.25, 0.3) is 0 Å². The largest absolute Gasteiger partial charge is 0.352 e. The Morgan fingerprint density at radius 1 is 1.19 bits per heavy atom. The second kappa shape index (κ2) is 8.33. The van der Waals surface area contributed by atoms with Crippen LogP contribution in [0.3, 0.4) is 0 Å². The van der Waals surface area contributed by atoms with Crippen LogP contribution < -0.4 is 16.0 Å². The van der Waals surface area contributed by atoms with Crippen LogP contribution in [0.4, 0.5) is 4.79 Å². The Hall–Kier alpha value is -3.09. The minimum Gasteiger partial charge on any atom is -0.352 e. The Morgan fingerprint density at radius 3 is 2.73 bits per heavy atom. The third kappa shape index (κ3) is 4.50. The van der Waals surface area contributed by atoms with Crippen molar-refractivity contribution in [2.45, 2.75) is 32.2 Å². The van der Waals surface area contributed by atoms with E-state index in [4.69, 9.17) is 0 Å². The first-order valence-electron chi connectivity index (χ1n) is 8.71. The van der Waals surface area contributed by atoms with Crippen LogP contribution >= 0.6 is 0 Å². The van der Waals surface area contributed by atoms with Crippen molar-refractivity contribution in [3.05, 3.63) is 65.1 Å². The first-order valence-corrected chi connectivity index (χ1v) is 8.71. The second-order valence-electron chi connectivity index (χ2n) is 6.33. The van der Waals surface area contributed by atoms with Gasteiger partial charge in [0.15, 0.2) is 0 Å². The van der Waals surface area contributed by atoms with E-state index >= 15 is 0 Å². The lowest BCUT2D eigenvalue weighted by atomic mass is 9.95. The number of aromatic nitrogens is 2. The molecular weight excluding hydrogens is 330 g/mol. The van der Waals surface area contributed by atoms with Crippen molar-refractivity contribution in [2.75, 3.05) is 6.54 Å². The summed E-state index contributed by atoms with van der Waals surface area (Å²) in [6, 6.07) is 9.46. The second-order valence-corrected chi connectivity index (χ2v) is 6.33. The molecule has 136 valence electrons. The van der Waals surface area contributed by atoms with Crippen molar-refractivity contribution < 1.29 is 9.59 Å². The Kier molecular flexibility index (Phi) is 5.68. The van der Waals surface area contributed by atoms with Crippen LogP contribution in [-0.4, -0.2) is 34.7 Å². The van der Waals surface area contributed by atoms with E-state index in [0.29, 0.717) is 30.7 Å². The zero-order valence-corrected chi connectivity index (χ0v) is 14.7. The summed E-state index contributed by atoms with van der Waals surface area (Å²) < 4.78 is 0. The highest BCUT2D eigenvalue weighted by atomic mass is 16.2. The molecule has 2 heterocycles. The standard InChI is InChI=1S/C19H23N5O2/c1-13-17(18(25)20-10-9-15-11-21-22-12-15)16(24-19(26)23-13)8-7-14-5-3-2-4-6-14/h2-6,11-12,16H,7-10H2,1H3,(H,20,25)(H,21,22)(H2,23,24,26). The summed E-state index contributed by atoms with van der Waals surface area (Å²) in [4.78, 5) is 24.5. The van der Waals surface area contributed by atoms with E-state index in [1.807, 2.05) is 36.5 Å². The van der Waals surface area contributed by atoms with Gasteiger partial charge in [-0.1, -0.05) is 30.3 Å². The maximum atomic E-state index is 12.7. The molecule has 1 aliphatic rings. The number of rotatable bonds is 7. The van der Waals surface area contributed by atoms with E-state index in [1.165, 1.54) is 5.56 Å². The number of aromatic amines is 1. The van der Waals surface area contributed by atoms with Crippen LogP contribution in [0.1, 0.15) is 24.5 Å². The minimum absolute atomic E-state index is 0.156. The van der Waals surface area contributed by atoms with Gasteiger partial charge in [0.05, 0.1) is 17.8 Å². The van der Waals surface area contributed by atoms with Crippen LogP contribution in [0.2, 0.25) is 0 Å². The predicted molar refractivity (Wildman–Crippen MR) is 98.2 cm³/mol. The molecule has 0 aliphatic carbocycles. The first kappa shape index (κ1) is 17.7. The van der Waals surface area contributed by atoms with E-state index in [9.17, 15) is 9.59 Å². The van der Waals surface area contributed by atoms with E-state index in [-0.39, 0.29) is 18.0 Å². The number of carbonyl (C=O) groups excluding carboxylic acids is 2. The van der Waals surface area contributed by atoms with E-state index in [0.717, 1.165) is 12.0 Å². The lowest BCUT2D eigenvalue weighted by Gasteiger charge is -2.28. The highest BCUT2D eigenvalue weighted by molar-refractivity contribution is 5.98. The molecule has 1 aromatic carbocycles. The Balaban J connectivity index is 1.63. The molecule has 26 heavy (non-hydrogen) atoms. The van der Waals surface area contributed by atoms with Gasteiger partial charge in [-0.25, -0.2) is 4.79 Å². The number of aryl methyl sites for hydroxylation is 1. The Morgan fingerprint density at radius 2 is 2.00 bits per heavy atom. The van der Waals surface area contributed by atoms with Crippen LogP contribution in [-0.2, 0) is 17.6 Å². The molecule has 7 nitrogen and oxygen atoms in total. The number of benzene rings is 1. The molecule has 1 aromatic heterocycles. The molecule has 7 heteroatoms. The number of hydrogen-bond acceptors (Lipinski definition) is 3. The lowest BCUT2D eigenvalue weighted by Crippen LogP contribution is -2.51. The van der Waals surface area contributed by atoms with E-state index < -0.39 is 0 Å². The van der Waals surface area contributed by atoms with Gasteiger partial charge in [0.2, 0.25) is 0 Å².